The van der Waals surface area contributed by atoms with Gasteiger partial charge in [-0.2, -0.15) is 0 Å². The SMILES string of the molecule is CCC1=C(OC(C)=O)C(=O)NC1=O. The summed E-state index contributed by atoms with van der Waals surface area (Å²) >= 11 is 0. The normalized spacial score (nSPS) is 16.2. The van der Waals surface area contributed by atoms with Gasteiger partial charge in [-0.1, -0.05) is 6.92 Å². The number of ether oxygens (including phenoxy) is 1. The minimum Gasteiger partial charge on any atom is -0.420 e. The number of esters is 1. The van der Waals surface area contributed by atoms with Crippen LogP contribution >= 0.6 is 0 Å². The van der Waals surface area contributed by atoms with Gasteiger partial charge in [0, 0.05) is 6.92 Å². The first kappa shape index (κ1) is 9.44. The molecule has 0 aliphatic carbocycles. The van der Waals surface area contributed by atoms with E-state index in [2.05, 4.69) is 4.74 Å². The van der Waals surface area contributed by atoms with Crippen molar-refractivity contribution in [3.8, 4) is 0 Å². The molecule has 0 atom stereocenters. The topological polar surface area (TPSA) is 72.5 Å². The Balaban J connectivity index is 2.99. The first-order valence-electron chi connectivity index (χ1n) is 3.83. The van der Waals surface area contributed by atoms with Crippen LogP contribution in [-0.4, -0.2) is 17.8 Å². The van der Waals surface area contributed by atoms with Crippen LogP contribution in [0.5, 0.6) is 0 Å². The molecule has 5 heteroatoms. The molecule has 13 heavy (non-hydrogen) atoms. The minimum atomic E-state index is -0.642. The Kier molecular flexibility index (Phi) is 2.46. The third-order valence-corrected chi connectivity index (χ3v) is 1.58. The number of nitrogens with one attached hydrogen (secondary N) is 1. The van der Waals surface area contributed by atoms with Crippen LogP contribution in [-0.2, 0) is 19.1 Å². The molecule has 0 saturated carbocycles. The minimum absolute atomic E-state index is 0.167. The van der Waals surface area contributed by atoms with E-state index in [1.165, 1.54) is 6.92 Å². The average Bonchev–Trinajstić information content (AvgIpc) is 2.26. The molecule has 5 nitrogen and oxygen atoms in total. The Labute approximate surface area is 74.7 Å². The van der Waals surface area contributed by atoms with E-state index in [0.717, 1.165) is 0 Å². The van der Waals surface area contributed by atoms with Gasteiger partial charge < -0.3 is 4.74 Å². The molecular weight excluding hydrogens is 174 g/mol. The summed E-state index contributed by atoms with van der Waals surface area (Å²) in [7, 11) is 0. The Morgan fingerprint density at radius 3 is 2.46 bits per heavy atom. The molecule has 0 aromatic rings. The number of carbonyl (C=O) groups excluding carboxylic acids is 3. The highest BCUT2D eigenvalue weighted by molar-refractivity contribution is 6.18. The molecule has 0 aromatic heterocycles. The number of hydrogen-bond donors (Lipinski definition) is 1. The van der Waals surface area contributed by atoms with Crippen molar-refractivity contribution in [2.45, 2.75) is 20.3 Å². The summed E-state index contributed by atoms with van der Waals surface area (Å²) in [6.45, 7) is 2.88. The molecule has 0 unspecified atom stereocenters. The van der Waals surface area contributed by atoms with Crippen LogP contribution < -0.4 is 5.32 Å². The van der Waals surface area contributed by atoms with Crippen molar-refractivity contribution < 1.29 is 19.1 Å². The van der Waals surface area contributed by atoms with E-state index in [0.29, 0.717) is 6.42 Å². The summed E-state index contributed by atoms with van der Waals surface area (Å²) in [5.74, 6) is -1.90. The molecule has 1 heterocycles. The van der Waals surface area contributed by atoms with E-state index >= 15 is 0 Å². The molecule has 0 saturated heterocycles. The lowest BCUT2D eigenvalue weighted by molar-refractivity contribution is -0.140. The van der Waals surface area contributed by atoms with E-state index in [1.54, 1.807) is 6.92 Å². The molecule has 0 aromatic carbocycles. The third-order valence-electron chi connectivity index (χ3n) is 1.58. The predicted molar refractivity (Wildman–Crippen MR) is 42.2 cm³/mol. The molecule has 0 fully saturated rings. The lowest BCUT2D eigenvalue weighted by Gasteiger charge is -1.99. The lowest BCUT2D eigenvalue weighted by Crippen LogP contribution is -2.23. The maximum atomic E-state index is 11.0. The van der Waals surface area contributed by atoms with Gasteiger partial charge in [-0.05, 0) is 6.42 Å². The van der Waals surface area contributed by atoms with E-state index in [1.807, 2.05) is 5.32 Å². The average molecular weight is 183 g/mol. The smallest absolute Gasteiger partial charge is 0.308 e. The lowest BCUT2D eigenvalue weighted by atomic mass is 10.2. The van der Waals surface area contributed by atoms with Gasteiger partial charge in [-0.3, -0.25) is 19.7 Å². The Morgan fingerprint density at radius 2 is 2.00 bits per heavy atom. The second-order valence-electron chi connectivity index (χ2n) is 2.54. The number of carbonyl (C=O) groups is 3. The summed E-state index contributed by atoms with van der Waals surface area (Å²) in [5.41, 5.74) is 0.222. The monoisotopic (exact) mass is 183 g/mol. The molecule has 1 N–H and O–H groups in total. The van der Waals surface area contributed by atoms with Gasteiger partial charge in [0.15, 0.2) is 0 Å². The van der Waals surface area contributed by atoms with Gasteiger partial charge >= 0.3 is 5.97 Å². The van der Waals surface area contributed by atoms with Gasteiger partial charge in [0.05, 0.1) is 5.57 Å². The Hall–Kier alpha value is -1.65. The summed E-state index contributed by atoms with van der Waals surface area (Å²) in [4.78, 5) is 32.6. The quantitative estimate of drug-likeness (QED) is 0.478. The van der Waals surface area contributed by atoms with Crippen molar-refractivity contribution in [3.63, 3.8) is 0 Å². The van der Waals surface area contributed by atoms with E-state index in [-0.39, 0.29) is 11.3 Å². The largest absolute Gasteiger partial charge is 0.420 e. The summed E-state index contributed by atoms with van der Waals surface area (Å²) in [6, 6.07) is 0. The van der Waals surface area contributed by atoms with Crippen LogP contribution in [0.15, 0.2) is 11.3 Å². The molecule has 0 radical (unpaired) electrons. The fraction of sp³-hybridized carbons (Fsp3) is 0.375. The highest BCUT2D eigenvalue weighted by Gasteiger charge is 2.31. The van der Waals surface area contributed by atoms with Crippen LogP contribution in [0.3, 0.4) is 0 Å². The van der Waals surface area contributed by atoms with Gasteiger partial charge in [-0.15, -0.1) is 0 Å². The Morgan fingerprint density at radius 1 is 1.38 bits per heavy atom. The molecule has 70 valence electrons. The van der Waals surface area contributed by atoms with Crippen LogP contribution in [0.4, 0.5) is 0 Å². The predicted octanol–water partition coefficient (Wildman–Crippen LogP) is -0.130. The van der Waals surface area contributed by atoms with Crippen molar-refractivity contribution >= 4 is 17.8 Å². The number of imide groups is 1. The van der Waals surface area contributed by atoms with E-state index < -0.39 is 17.8 Å². The van der Waals surface area contributed by atoms with Gasteiger partial charge in [0.2, 0.25) is 5.76 Å². The molecular formula is C8H9NO4. The highest BCUT2D eigenvalue weighted by Crippen LogP contribution is 2.16. The summed E-state index contributed by atoms with van der Waals surface area (Å²) < 4.78 is 4.61. The van der Waals surface area contributed by atoms with Crippen molar-refractivity contribution in [2.75, 3.05) is 0 Å². The summed E-state index contributed by atoms with van der Waals surface area (Å²) in [5, 5.41) is 2.04. The molecule has 2 amide bonds. The molecule has 1 aliphatic rings. The number of amides is 2. The van der Waals surface area contributed by atoms with Crippen molar-refractivity contribution in [1.82, 2.24) is 5.32 Å². The van der Waals surface area contributed by atoms with E-state index in [4.69, 9.17) is 0 Å². The van der Waals surface area contributed by atoms with Gasteiger partial charge in [0.25, 0.3) is 11.8 Å². The Bertz CT molecular complexity index is 316. The molecule has 1 aliphatic heterocycles. The standard InChI is InChI=1S/C8H9NO4/c1-3-5-6(13-4(2)10)8(12)9-7(5)11/h3H2,1-2H3,(H,9,11,12). The highest BCUT2D eigenvalue weighted by atomic mass is 16.5. The second kappa shape index (κ2) is 3.38. The molecule has 1 rings (SSSR count). The first-order chi connectivity index (χ1) is 6.06. The zero-order valence-corrected chi connectivity index (χ0v) is 7.34. The fourth-order valence-corrected chi connectivity index (χ4v) is 1.05. The zero-order chi connectivity index (χ0) is 10.0. The van der Waals surface area contributed by atoms with Crippen LogP contribution in [0.25, 0.3) is 0 Å². The maximum Gasteiger partial charge on any atom is 0.308 e. The van der Waals surface area contributed by atoms with Gasteiger partial charge in [-0.25, -0.2) is 0 Å². The number of hydrogen-bond acceptors (Lipinski definition) is 4. The van der Waals surface area contributed by atoms with Crippen molar-refractivity contribution in [1.29, 1.82) is 0 Å². The zero-order valence-electron chi connectivity index (χ0n) is 7.34. The van der Waals surface area contributed by atoms with E-state index in [9.17, 15) is 14.4 Å². The third kappa shape index (κ3) is 1.74. The fourth-order valence-electron chi connectivity index (χ4n) is 1.05. The van der Waals surface area contributed by atoms with Gasteiger partial charge in [0.1, 0.15) is 0 Å². The van der Waals surface area contributed by atoms with Crippen molar-refractivity contribution in [3.05, 3.63) is 11.3 Å². The van der Waals surface area contributed by atoms with Crippen LogP contribution in [0.1, 0.15) is 20.3 Å². The van der Waals surface area contributed by atoms with Crippen molar-refractivity contribution in [2.24, 2.45) is 0 Å². The molecule has 0 bridgehead atoms. The van der Waals surface area contributed by atoms with Crippen LogP contribution in [0.2, 0.25) is 0 Å². The molecule has 0 spiro atoms. The first-order valence-corrected chi connectivity index (χ1v) is 3.83. The second-order valence-corrected chi connectivity index (χ2v) is 2.54. The summed E-state index contributed by atoms with van der Waals surface area (Å²) in [6.07, 6.45) is 0.361. The maximum absolute atomic E-state index is 11.0. The van der Waals surface area contributed by atoms with Crippen LogP contribution in [0, 0.1) is 0 Å². The number of rotatable bonds is 2.